The minimum Gasteiger partial charge on any atom is -0.378 e. The SMILES string of the molecule is CC(Cn1cccn1)Nc1ccc([N+](=O)[O-])c(N)n1. The summed E-state index contributed by atoms with van der Waals surface area (Å²) in [5.41, 5.74) is 5.33. The van der Waals surface area contributed by atoms with E-state index >= 15 is 0 Å². The largest absolute Gasteiger partial charge is 0.378 e. The first-order valence-corrected chi connectivity index (χ1v) is 5.71. The average molecular weight is 262 g/mol. The zero-order valence-corrected chi connectivity index (χ0v) is 10.4. The number of hydrogen-bond acceptors (Lipinski definition) is 6. The van der Waals surface area contributed by atoms with E-state index in [9.17, 15) is 10.1 Å². The van der Waals surface area contributed by atoms with Gasteiger partial charge in [0, 0.05) is 24.5 Å². The third kappa shape index (κ3) is 3.18. The van der Waals surface area contributed by atoms with Crippen molar-refractivity contribution in [1.29, 1.82) is 0 Å². The molecule has 2 aromatic heterocycles. The Kier molecular flexibility index (Phi) is 3.60. The summed E-state index contributed by atoms with van der Waals surface area (Å²) in [5.74, 6) is 0.407. The molecule has 19 heavy (non-hydrogen) atoms. The van der Waals surface area contributed by atoms with Gasteiger partial charge in [-0.15, -0.1) is 0 Å². The van der Waals surface area contributed by atoms with Gasteiger partial charge < -0.3 is 11.1 Å². The number of nitrogens with one attached hydrogen (secondary N) is 1. The third-order valence-corrected chi connectivity index (χ3v) is 2.51. The first-order chi connectivity index (χ1) is 9.06. The van der Waals surface area contributed by atoms with Gasteiger partial charge in [0.1, 0.15) is 5.82 Å². The molecule has 2 rings (SSSR count). The monoisotopic (exact) mass is 262 g/mol. The zero-order valence-electron chi connectivity index (χ0n) is 10.4. The lowest BCUT2D eigenvalue weighted by atomic mass is 10.3. The van der Waals surface area contributed by atoms with E-state index in [0.717, 1.165) is 0 Å². The van der Waals surface area contributed by atoms with E-state index < -0.39 is 4.92 Å². The number of nitrogens with two attached hydrogens (primary N) is 1. The Morgan fingerprint density at radius 1 is 1.58 bits per heavy atom. The van der Waals surface area contributed by atoms with Gasteiger partial charge in [-0.25, -0.2) is 4.98 Å². The fraction of sp³-hybridized carbons (Fsp3) is 0.273. The third-order valence-electron chi connectivity index (χ3n) is 2.51. The van der Waals surface area contributed by atoms with Gasteiger partial charge in [-0.1, -0.05) is 0 Å². The number of aromatic nitrogens is 3. The first-order valence-electron chi connectivity index (χ1n) is 5.71. The van der Waals surface area contributed by atoms with Gasteiger partial charge in [0.25, 0.3) is 0 Å². The molecule has 0 aromatic carbocycles. The van der Waals surface area contributed by atoms with Crippen molar-refractivity contribution in [2.24, 2.45) is 0 Å². The number of rotatable bonds is 5. The highest BCUT2D eigenvalue weighted by atomic mass is 16.6. The van der Waals surface area contributed by atoms with Crippen molar-refractivity contribution in [3.63, 3.8) is 0 Å². The van der Waals surface area contributed by atoms with Crippen LogP contribution >= 0.6 is 0 Å². The molecule has 1 atom stereocenters. The molecule has 8 heteroatoms. The van der Waals surface area contributed by atoms with Crippen LogP contribution in [0, 0.1) is 10.1 Å². The van der Waals surface area contributed by atoms with Crippen LogP contribution in [-0.2, 0) is 6.54 Å². The summed E-state index contributed by atoms with van der Waals surface area (Å²) < 4.78 is 1.78. The van der Waals surface area contributed by atoms with E-state index in [1.54, 1.807) is 10.9 Å². The molecule has 0 amide bonds. The summed E-state index contributed by atoms with van der Waals surface area (Å²) in [7, 11) is 0. The number of pyridine rings is 1. The number of nitrogen functional groups attached to an aromatic ring is 1. The van der Waals surface area contributed by atoms with Gasteiger partial charge in [-0.2, -0.15) is 5.10 Å². The highest BCUT2D eigenvalue weighted by Crippen LogP contribution is 2.21. The smallest absolute Gasteiger partial charge is 0.311 e. The lowest BCUT2D eigenvalue weighted by molar-refractivity contribution is -0.384. The fourth-order valence-corrected chi connectivity index (χ4v) is 1.69. The van der Waals surface area contributed by atoms with E-state index in [-0.39, 0.29) is 17.5 Å². The maximum atomic E-state index is 10.6. The van der Waals surface area contributed by atoms with Crippen molar-refractivity contribution in [2.75, 3.05) is 11.1 Å². The lowest BCUT2D eigenvalue weighted by Gasteiger charge is -2.14. The van der Waals surface area contributed by atoms with Crippen molar-refractivity contribution in [2.45, 2.75) is 19.5 Å². The molecule has 2 heterocycles. The van der Waals surface area contributed by atoms with Crippen LogP contribution in [0.25, 0.3) is 0 Å². The molecule has 1 unspecified atom stereocenters. The van der Waals surface area contributed by atoms with Crippen LogP contribution < -0.4 is 11.1 Å². The van der Waals surface area contributed by atoms with E-state index in [1.165, 1.54) is 12.1 Å². The molecule has 2 aromatic rings. The number of nitrogens with zero attached hydrogens (tertiary/aromatic N) is 4. The van der Waals surface area contributed by atoms with Crippen LogP contribution in [-0.4, -0.2) is 25.7 Å². The summed E-state index contributed by atoms with van der Waals surface area (Å²) in [4.78, 5) is 14.0. The quantitative estimate of drug-likeness (QED) is 0.619. The van der Waals surface area contributed by atoms with Gasteiger partial charge in [-0.05, 0) is 19.1 Å². The van der Waals surface area contributed by atoms with Crippen LogP contribution in [0.3, 0.4) is 0 Å². The first kappa shape index (κ1) is 12.8. The Morgan fingerprint density at radius 3 is 2.95 bits per heavy atom. The van der Waals surface area contributed by atoms with Gasteiger partial charge in [0.15, 0.2) is 0 Å². The second-order valence-corrected chi connectivity index (χ2v) is 4.13. The predicted molar refractivity (Wildman–Crippen MR) is 70.6 cm³/mol. The molecule has 0 saturated carbocycles. The molecule has 0 aliphatic heterocycles. The molecule has 0 fully saturated rings. The van der Waals surface area contributed by atoms with Gasteiger partial charge in [-0.3, -0.25) is 14.8 Å². The average Bonchev–Trinajstić information content (AvgIpc) is 2.81. The lowest BCUT2D eigenvalue weighted by Crippen LogP contribution is -2.23. The molecular weight excluding hydrogens is 248 g/mol. The minimum atomic E-state index is -0.556. The molecule has 0 aliphatic rings. The Morgan fingerprint density at radius 2 is 2.37 bits per heavy atom. The summed E-state index contributed by atoms with van der Waals surface area (Å²) in [6.07, 6.45) is 3.56. The number of nitro groups is 1. The molecule has 0 bridgehead atoms. The molecular formula is C11H14N6O2. The second kappa shape index (κ2) is 5.34. The highest BCUT2D eigenvalue weighted by molar-refractivity contribution is 5.57. The van der Waals surface area contributed by atoms with Crippen molar-refractivity contribution in [3.8, 4) is 0 Å². The standard InChI is InChI=1S/C11H14N6O2/c1-8(7-16-6-2-5-13-16)14-10-4-3-9(17(18)19)11(12)15-10/h2-6,8H,7H2,1H3,(H3,12,14,15). The zero-order chi connectivity index (χ0) is 13.8. The highest BCUT2D eigenvalue weighted by Gasteiger charge is 2.13. The summed E-state index contributed by atoms with van der Waals surface area (Å²) in [6, 6.07) is 4.78. The van der Waals surface area contributed by atoms with Crippen LogP contribution in [0.5, 0.6) is 0 Å². The molecule has 0 radical (unpaired) electrons. The minimum absolute atomic E-state index is 0.0632. The molecule has 0 saturated heterocycles. The van der Waals surface area contributed by atoms with E-state index in [0.29, 0.717) is 12.4 Å². The predicted octanol–water partition coefficient (Wildman–Crippen LogP) is 1.27. The van der Waals surface area contributed by atoms with Crippen LogP contribution in [0.4, 0.5) is 17.3 Å². The van der Waals surface area contributed by atoms with Crippen LogP contribution in [0.2, 0.25) is 0 Å². The maximum absolute atomic E-state index is 10.6. The topological polar surface area (TPSA) is 112 Å². The molecule has 8 nitrogen and oxygen atoms in total. The van der Waals surface area contributed by atoms with Crippen molar-refractivity contribution < 1.29 is 4.92 Å². The van der Waals surface area contributed by atoms with E-state index in [1.807, 2.05) is 19.2 Å². The Labute approximate surface area is 109 Å². The summed E-state index contributed by atoms with van der Waals surface area (Å²) in [6.45, 7) is 2.62. The van der Waals surface area contributed by atoms with Crippen molar-refractivity contribution >= 4 is 17.3 Å². The van der Waals surface area contributed by atoms with E-state index in [2.05, 4.69) is 15.4 Å². The fourth-order valence-electron chi connectivity index (χ4n) is 1.69. The molecule has 100 valence electrons. The van der Waals surface area contributed by atoms with Gasteiger partial charge in [0.2, 0.25) is 5.82 Å². The number of anilines is 2. The Balaban J connectivity index is 2.03. The van der Waals surface area contributed by atoms with Crippen molar-refractivity contribution in [1.82, 2.24) is 14.8 Å². The summed E-state index contributed by atoms with van der Waals surface area (Å²) >= 11 is 0. The number of hydrogen-bond donors (Lipinski definition) is 2. The summed E-state index contributed by atoms with van der Waals surface area (Å²) in [5, 5.41) is 17.8. The Hall–Kier alpha value is -2.64. The van der Waals surface area contributed by atoms with Crippen LogP contribution in [0.1, 0.15) is 6.92 Å². The normalized spacial score (nSPS) is 12.1. The molecule has 3 N–H and O–H groups in total. The van der Waals surface area contributed by atoms with E-state index in [4.69, 9.17) is 5.73 Å². The van der Waals surface area contributed by atoms with Gasteiger partial charge in [0.05, 0.1) is 11.5 Å². The van der Waals surface area contributed by atoms with Gasteiger partial charge >= 0.3 is 5.69 Å². The maximum Gasteiger partial charge on any atom is 0.311 e. The molecule has 0 aliphatic carbocycles. The molecule has 0 spiro atoms. The van der Waals surface area contributed by atoms with Crippen molar-refractivity contribution in [3.05, 3.63) is 40.7 Å². The van der Waals surface area contributed by atoms with Crippen LogP contribution in [0.15, 0.2) is 30.6 Å². The second-order valence-electron chi connectivity index (χ2n) is 4.13. The Bertz CT molecular complexity index is 569.